The van der Waals surface area contributed by atoms with Gasteiger partial charge in [-0.25, -0.2) is 4.68 Å². The van der Waals surface area contributed by atoms with Crippen LogP contribution in [0.1, 0.15) is 34.4 Å². The van der Waals surface area contributed by atoms with Crippen molar-refractivity contribution in [1.82, 2.24) is 20.4 Å². The molecule has 1 heterocycles. The number of aryl methyl sites for hydroxylation is 3. The summed E-state index contributed by atoms with van der Waals surface area (Å²) in [4.78, 5) is 4.29. The zero-order valence-corrected chi connectivity index (χ0v) is 21.1. The first-order valence-electron chi connectivity index (χ1n) is 10.4. The summed E-state index contributed by atoms with van der Waals surface area (Å²) in [5, 5.41) is 20.8. The summed E-state index contributed by atoms with van der Waals surface area (Å²) >= 11 is 0. The molecule has 0 bridgehead atoms. The van der Waals surface area contributed by atoms with Crippen molar-refractivity contribution in [2.24, 2.45) is 4.99 Å². The Hall–Kier alpha value is -3.06. The molecule has 7 nitrogen and oxygen atoms in total. The molecule has 0 aliphatic heterocycles. The topological polar surface area (TPSA) is 104 Å². The van der Waals surface area contributed by atoms with Gasteiger partial charge >= 0.3 is 0 Å². The third-order valence-electron chi connectivity index (χ3n) is 5.16. The number of nitriles is 1. The number of nitrogens with zero attached hydrogens (tertiary/aromatic N) is 4. The van der Waals surface area contributed by atoms with E-state index in [1.165, 1.54) is 16.7 Å². The van der Waals surface area contributed by atoms with Gasteiger partial charge in [0.15, 0.2) is 5.96 Å². The molecular weight excluding hydrogens is 513 g/mol. The third-order valence-corrected chi connectivity index (χ3v) is 5.16. The molecule has 0 saturated heterocycles. The first-order valence-corrected chi connectivity index (χ1v) is 10.4. The summed E-state index contributed by atoms with van der Waals surface area (Å²) in [6, 6.07) is 18.2. The van der Waals surface area contributed by atoms with E-state index in [2.05, 4.69) is 58.8 Å². The van der Waals surface area contributed by atoms with E-state index in [-0.39, 0.29) is 24.0 Å². The lowest BCUT2D eigenvalue weighted by molar-refractivity contribution is 0.721. The SMILES string of the molecule is CN=C(NCCCc1nn(-c2ccccc2)c(N)c1C#N)NCc1ccc(C)cc1C.I. The Morgan fingerprint density at radius 2 is 1.91 bits per heavy atom. The Bertz CT molecular complexity index is 1100. The summed E-state index contributed by atoms with van der Waals surface area (Å²) < 4.78 is 1.63. The van der Waals surface area contributed by atoms with Gasteiger partial charge in [0.2, 0.25) is 0 Å². The second kappa shape index (κ2) is 12.1. The van der Waals surface area contributed by atoms with E-state index in [4.69, 9.17) is 5.73 Å². The number of para-hydroxylation sites is 1. The fourth-order valence-electron chi connectivity index (χ4n) is 3.45. The molecule has 32 heavy (non-hydrogen) atoms. The molecule has 0 radical (unpaired) electrons. The van der Waals surface area contributed by atoms with Crippen LogP contribution in [0.25, 0.3) is 5.69 Å². The number of halogens is 1. The smallest absolute Gasteiger partial charge is 0.191 e. The van der Waals surface area contributed by atoms with Crippen LogP contribution in [-0.2, 0) is 13.0 Å². The van der Waals surface area contributed by atoms with Gasteiger partial charge in [-0.05, 0) is 49.9 Å². The second-order valence-electron chi connectivity index (χ2n) is 7.45. The van der Waals surface area contributed by atoms with Crippen LogP contribution in [0.15, 0.2) is 53.5 Å². The van der Waals surface area contributed by atoms with Gasteiger partial charge in [0.05, 0.1) is 11.4 Å². The predicted octanol–water partition coefficient (Wildman–Crippen LogP) is 3.86. The average Bonchev–Trinajstić information content (AvgIpc) is 3.10. The number of nitrogen functional groups attached to an aromatic ring is 1. The van der Waals surface area contributed by atoms with Crippen molar-refractivity contribution >= 4 is 35.8 Å². The molecule has 1 aromatic heterocycles. The number of anilines is 1. The van der Waals surface area contributed by atoms with Gasteiger partial charge < -0.3 is 16.4 Å². The average molecular weight is 543 g/mol. The molecule has 3 aromatic rings. The van der Waals surface area contributed by atoms with Crippen molar-refractivity contribution in [2.45, 2.75) is 33.2 Å². The number of benzene rings is 2. The number of aromatic nitrogens is 2. The third kappa shape index (κ3) is 6.23. The van der Waals surface area contributed by atoms with Gasteiger partial charge in [0.1, 0.15) is 17.5 Å². The van der Waals surface area contributed by atoms with Crippen molar-refractivity contribution < 1.29 is 0 Å². The summed E-state index contributed by atoms with van der Waals surface area (Å²) in [5.74, 6) is 1.12. The summed E-state index contributed by atoms with van der Waals surface area (Å²) in [5.41, 5.74) is 11.9. The lowest BCUT2D eigenvalue weighted by atomic mass is 10.1. The Kier molecular flexibility index (Phi) is 9.53. The van der Waals surface area contributed by atoms with E-state index < -0.39 is 0 Å². The van der Waals surface area contributed by atoms with Crippen molar-refractivity contribution in [3.63, 3.8) is 0 Å². The summed E-state index contributed by atoms with van der Waals surface area (Å²) in [6.45, 7) is 5.63. The molecule has 2 aromatic carbocycles. The van der Waals surface area contributed by atoms with Crippen LogP contribution in [0.3, 0.4) is 0 Å². The molecule has 0 unspecified atom stereocenters. The highest BCUT2D eigenvalue weighted by molar-refractivity contribution is 14.0. The Morgan fingerprint density at radius 1 is 1.16 bits per heavy atom. The minimum absolute atomic E-state index is 0. The van der Waals surface area contributed by atoms with Crippen LogP contribution in [0.4, 0.5) is 5.82 Å². The first-order chi connectivity index (χ1) is 15.0. The number of hydrogen-bond donors (Lipinski definition) is 3. The van der Waals surface area contributed by atoms with Gasteiger partial charge in [0, 0.05) is 20.1 Å². The summed E-state index contributed by atoms with van der Waals surface area (Å²) in [6.07, 6.45) is 1.44. The van der Waals surface area contributed by atoms with Gasteiger partial charge in [0.25, 0.3) is 0 Å². The standard InChI is InChI=1S/C24H29N7.HI/c1-17-11-12-19(18(2)14-17)16-29-24(27-3)28-13-7-10-22-21(15-25)23(26)31(30-22)20-8-5-4-6-9-20;/h4-6,8-9,11-12,14H,7,10,13,16,26H2,1-3H3,(H2,27,28,29);1H. The maximum Gasteiger partial charge on any atom is 0.191 e. The monoisotopic (exact) mass is 543 g/mol. The van der Waals surface area contributed by atoms with E-state index in [9.17, 15) is 5.26 Å². The molecule has 0 aliphatic rings. The Balaban J connectivity index is 0.00000363. The first kappa shape index (κ1) is 25.2. The van der Waals surface area contributed by atoms with Gasteiger partial charge in [-0.1, -0.05) is 42.0 Å². The van der Waals surface area contributed by atoms with Crippen LogP contribution in [-0.4, -0.2) is 29.3 Å². The molecule has 8 heteroatoms. The van der Waals surface area contributed by atoms with Crippen molar-refractivity contribution in [1.29, 1.82) is 5.26 Å². The molecule has 3 rings (SSSR count). The molecule has 0 amide bonds. The van der Waals surface area contributed by atoms with E-state index in [0.717, 1.165) is 18.1 Å². The molecule has 0 saturated carbocycles. The number of guanidine groups is 1. The predicted molar refractivity (Wildman–Crippen MR) is 141 cm³/mol. The van der Waals surface area contributed by atoms with Crippen LogP contribution in [0.2, 0.25) is 0 Å². The minimum atomic E-state index is 0. The zero-order chi connectivity index (χ0) is 22.2. The van der Waals surface area contributed by atoms with Crippen LogP contribution >= 0.6 is 24.0 Å². The normalized spacial score (nSPS) is 10.9. The van der Waals surface area contributed by atoms with Crippen LogP contribution < -0.4 is 16.4 Å². The largest absolute Gasteiger partial charge is 0.382 e. The molecular formula is C24H30IN7. The van der Waals surface area contributed by atoms with E-state index in [1.807, 2.05) is 30.3 Å². The number of aliphatic imine (C=N–C) groups is 1. The number of hydrogen-bond acceptors (Lipinski definition) is 4. The highest BCUT2D eigenvalue weighted by Gasteiger charge is 2.16. The van der Waals surface area contributed by atoms with E-state index in [0.29, 0.717) is 36.6 Å². The molecule has 0 fully saturated rings. The van der Waals surface area contributed by atoms with Gasteiger partial charge in [-0.3, -0.25) is 4.99 Å². The number of rotatable bonds is 7. The highest BCUT2D eigenvalue weighted by atomic mass is 127. The molecule has 0 spiro atoms. The van der Waals surface area contributed by atoms with E-state index in [1.54, 1.807) is 11.7 Å². The fraction of sp³-hybridized carbons (Fsp3) is 0.292. The maximum absolute atomic E-state index is 9.53. The Labute approximate surface area is 206 Å². The van der Waals surface area contributed by atoms with Gasteiger partial charge in [-0.15, -0.1) is 24.0 Å². The molecule has 4 N–H and O–H groups in total. The zero-order valence-electron chi connectivity index (χ0n) is 18.7. The van der Waals surface area contributed by atoms with Crippen LogP contribution in [0.5, 0.6) is 0 Å². The van der Waals surface area contributed by atoms with Crippen molar-refractivity contribution in [3.05, 3.63) is 76.5 Å². The molecule has 168 valence electrons. The quantitative estimate of drug-likeness (QED) is 0.182. The maximum atomic E-state index is 9.53. The Morgan fingerprint density at radius 3 is 2.56 bits per heavy atom. The molecule has 0 aliphatic carbocycles. The number of nitrogens with two attached hydrogens (primary N) is 1. The number of nitrogens with one attached hydrogen (secondary N) is 2. The van der Waals surface area contributed by atoms with Crippen LogP contribution in [0, 0.1) is 25.2 Å². The minimum Gasteiger partial charge on any atom is -0.382 e. The van der Waals surface area contributed by atoms with Crippen molar-refractivity contribution in [2.75, 3.05) is 19.3 Å². The fourth-order valence-corrected chi connectivity index (χ4v) is 3.45. The lowest BCUT2D eigenvalue weighted by Crippen LogP contribution is -2.37. The summed E-state index contributed by atoms with van der Waals surface area (Å²) in [7, 11) is 1.76. The molecule has 0 atom stereocenters. The lowest BCUT2D eigenvalue weighted by Gasteiger charge is -2.13. The highest BCUT2D eigenvalue weighted by Crippen LogP contribution is 2.21. The van der Waals surface area contributed by atoms with Crippen molar-refractivity contribution in [3.8, 4) is 11.8 Å². The second-order valence-corrected chi connectivity index (χ2v) is 7.45. The van der Waals surface area contributed by atoms with Gasteiger partial charge in [-0.2, -0.15) is 10.4 Å². The van der Waals surface area contributed by atoms with E-state index >= 15 is 0 Å².